The number of nitrogens with zero attached hydrogens (tertiary/aromatic N) is 3. The smallest absolute Gasteiger partial charge is 0.247 e. The number of hydrazone groups is 1. The number of carbonyl (C=O) groups excluding carboxylic acids is 1. The molecule has 2 heterocycles. The van der Waals surface area contributed by atoms with E-state index in [2.05, 4.69) is 29.0 Å². The van der Waals surface area contributed by atoms with Crippen molar-refractivity contribution in [2.45, 2.75) is 57.4 Å². The number of ether oxygens (including phenoxy) is 1. The molecule has 0 bridgehead atoms. The second-order valence-electron chi connectivity index (χ2n) is 9.00. The Balaban J connectivity index is 1.55. The van der Waals surface area contributed by atoms with E-state index in [-0.39, 0.29) is 23.8 Å². The molecule has 2 atom stereocenters. The number of fused-ring (bicyclic) bond motifs is 1. The molecule has 1 fully saturated rings. The van der Waals surface area contributed by atoms with Gasteiger partial charge in [-0.15, -0.1) is 0 Å². The zero-order valence-corrected chi connectivity index (χ0v) is 19.0. The largest absolute Gasteiger partial charge is 0.495 e. The van der Waals surface area contributed by atoms with E-state index in [1.165, 1.54) is 19.2 Å². The molecule has 33 heavy (non-hydrogen) atoms. The maximum absolute atomic E-state index is 13.5. The van der Waals surface area contributed by atoms with Gasteiger partial charge >= 0.3 is 0 Å². The molecule has 0 spiro atoms. The molecule has 1 aromatic heterocycles. The maximum Gasteiger partial charge on any atom is 0.247 e. The van der Waals surface area contributed by atoms with Gasteiger partial charge < -0.3 is 9.15 Å². The lowest BCUT2D eigenvalue weighted by Crippen LogP contribution is -2.49. The van der Waals surface area contributed by atoms with E-state index in [9.17, 15) is 4.79 Å². The molecule has 6 heteroatoms. The highest BCUT2D eigenvalue weighted by molar-refractivity contribution is 6.07. The number of amides is 1. The predicted octanol–water partition coefficient (Wildman–Crippen LogP) is 4.93. The number of allylic oxidation sites excluding steroid dienone is 2. The van der Waals surface area contributed by atoms with Gasteiger partial charge in [-0.05, 0) is 55.4 Å². The Morgan fingerprint density at radius 3 is 2.58 bits per heavy atom. The van der Waals surface area contributed by atoms with Gasteiger partial charge in [-0.3, -0.25) is 4.79 Å². The molecule has 6 nitrogen and oxygen atoms in total. The fourth-order valence-electron chi connectivity index (χ4n) is 5.21. The summed E-state index contributed by atoms with van der Waals surface area (Å²) in [6.45, 7) is 0. The summed E-state index contributed by atoms with van der Waals surface area (Å²) >= 11 is 0. The topological polar surface area (TPSA) is 67.9 Å². The summed E-state index contributed by atoms with van der Waals surface area (Å²) in [4.78, 5) is 17.4. The van der Waals surface area contributed by atoms with Crippen molar-refractivity contribution in [2.24, 2.45) is 16.9 Å². The minimum absolute atomic E-state index is 0.0448. The number of hydrogen-bond donors (Lipinski definition) is 0. The fourth-order valence-corrected chi connectivity index (χ4v) is 5.21. The van der Waals surface area contributed by atoms with E-state index in [0.717, 1.165) is 55.4 Å². The van der Waals surface area contributed by atoms with Crippen LogP contribution in [0.2, 0.25) is 0 Å². The first-order valence-electron chi connectivity index (χ1n) is 11.9. The molecular formula is C27H29N3O3. The van der Waals surface area contributed by atoms with Crippen LogP contribution >= 0.6 is 0 Å². The van der Waals surface area contributed by atoms with Crippen LogP contribution in [0.5, 0.6) is 5.75 Å². The van der Waals surface area contributed by atoms with Crippen molar-refractivity contribution in [3.63, 3.8) is 0 Å². The minimum Gasteiger partial charge on any atom is -0.495 e. The number of rotatable bonds is 3. The monoisotopic (exact) mass is 443 g/mol. The number of methoxy groups -OCH3 is 1. The number of carbonyl (C=O) groups is 1. The second kappa shape index (κ2) is 9.66. The average Bonchev–Trinajstić information content (AvgIpc) is 3.24. The number of oxazole rings is 1. The van der Waals surface area contributed by atoms with Crippen molar-refractivity contribution < 1.29 is 13.9 Å². The SMILES string of the molecule is COc1ccc(C2=NN(C3CCCCCC3)C(=O)[C@@H]3CC=CC[C@H]23)cc1C#Cc1cnco1. The molecule has 0 saturated heterocycles. The van der Waals surface area contributed by atoms with Crippen LogP contribution in [-0.4, -0.2) is 34.8 Å². The van der Waals surface area contributed by atoms with E-state index in [4.69, 9.17) is 14.3 Å². The molecule has 1 saturated carbocycles. The third-order valence-corrected chi connectivity index (χ3v) is 6.96. The lowest BCUT2D eigenvalue weighted by atomic mass is 9.76. The van der Waals surface area contributed by atoms with E-state index < -0.39 is 0 Å². The van der Waals surface area contributed by atoms with Crippen LogP contribution < -0.4 is 4.74 Å². The van der Waals surface area contributed by atoms with Gasteiger partial charge in [0.25, 0.3) is 0 Å². The Kier molecular flexibility index (Phi) is 6.30. The maximum atomic E-state index is 13.5. The van der Waals surface area contributed by atoms with Crippen LogP contribution in [0.1, 0.15) is 68.3 Å². The fraction of sp³-hybridized carbons (Fsp3) is 0.444. The molecule has 1 aromatic carbocycles. The second-order valence-corrected chi connectivity index (χ2v) is 9.00. The van der Waals surface area contributed by atoms with Gasteiger partial charge in [-0.2, -0.15) is 5.10 Å². The highest BCUT2D eigenvalue weighted by atomic mass is 16.5. The first-order chi connectivity index (χ1) is 16.2. The van der Waals surface area contributed by atoms with Crippen molar-refractivity contribution in [1.29, 1.82) is 0 Å². The molecule has 2 aromatic rings. The summed E-state index contributed by atoms with van der Waals surface area (Å²) in [5, 5.41) is 6.88. The number of hydrogen-bond acceptors (Lipinski definition) is 5. The first-order valence-corrected chi connectivity index (χ1v) is 11.9. The molecule has 2 aliphatic carbocycles. The zero-order valence-electron chi connectivity index (χ0n) is 19.0. The Hall–Kier alpha value is -3.33. The third-order valence-electron chi connectivity index (χ3n) is 6.96. The molecule has 0 radical (unpaired) electrons. The molecular weight excluding hydrogens is 414 g/mol. The Labute approximate surface area is 194 Å². The van der Waals surface area contributed by atoms with Gasteiger partial charge in [-0.25, -0.2) is 9.99 Å². The third kappa shape index (κ3) is 4.45. The Morgan fingerprint density at radius 1 is 1.06 bits per heavy atom. The number of benzene rings is 1. The first kappa shape index (κ1) is 21.5. The molecule has 5 rings (SSSR count). The Morgan fingerprint density at radius 2 is 1.85 bits per heavy atom. The van der Waals surface area contributed by atoms with Crippen molar-refractivity contribution in [2.75, 3.05) is 7.11 Å². The summed E-state index contributed by atoms with van der Waals surface area (Å²) in [6.07, 6.45) is 15.8. The summed E-state index contributed by atoms with van der Waals surface area (Å²) in [5.74, 6) is 7.59. The molecule has 0 N–H and O–H groups in total. The van der Waals surface area contributed by atoms with Gasteiger partial charge in [0.2, 0.25) is 5.91 Å². The molecule has 170 valence electrons. The van der Waals surface area contributed by atoms with Crippen LogP contribution in [0.3, 0.4) is 0 Å². The van der Waals surface area contributed by atoms with E-state index in [1.807, 2.05) is 23.2 Å². The van der Waals surface area contributed by atoms with Crippen LogP contribution in [-0.2, 0) is 4.79 Å². The summed E-state index contributed by atoms with van der Waals surface area (Å²) < 4.78 is 10.8. The zero-order chi connectivity index (χ0) is 22.6. The van der Waals surface area contributed by atoms with Crippen molar-refractivity contribution >= 4 is 11.6 Å². The van der Waals surface area contributed by atoms with Crippen LogP contribution in [0.15, 0.2) is 52.5 Å². The summed E-state index contributed by atoms with van der Waals surface area (Å²) in [5.41, 5.74) is 2.74. The van der Waals surface area contributed by atoms with Crippen LogP contribution in [0.25, 0.3) is 0 Å². The van der Waals surface area contributed by atoms with Gasteiger partial charge in [0.15, 0.2) is 12.2 Å². The summed E-state index contributed by atoms with van der Waals surface area (Å²) in [6, 6.07) is 6.19. The predicted molar refractivity (Wildman–Crippen MR) is 126 cm³/mol. The van der Waals surface area contributed by atoms with Gasteiger partial charge in [0.1, 0.15) is 5.75 Å². The van der Waals surface area contributed by atoms with Crippen LogP contribution in [0, 0.1) is 23.7 Å². The number of aromatic nitrogens is 1. The van der Waals surface area contributed by atoms with Gasteiger partial charge in [-0.1, -0.05) is 43.8 Å². The molecule has 1 aliphatic heterocycles. The quantitative estimate of drug-likeness (QED) is 0.383. The van der Waals surface area contributed by atoms with Crippen molar-refractivity contribution in [3.8, 4) is 17.6 Å². The molecule has 0 unspecified atom stereocenters. The Bertz CT molecular complexity index is 1120. The lowest BCUT2D eigenvalue weighted by Gasteiger charge is -2.40. The van der Waals surface area contributed by atoms with Crippen LogP contribution in [0.4, 0.5) is 0 Å². The normalized spacial score (nSPS) is 23.2. The minimum atomic E-state index is -0.0448. The molecule has 3 aliphatic rings. The van der Waals surface area contributed by atoms with Crippen molar-refractivity contribution in [1.82, 2.24) is 9.99 Å². The highest BCUT2D eigenvalue weighted by Crippen LogP contribution is 2.37. The van der Waals surface area contributed by atoms with E-state index in [1.54, 1.807) is 13.3 Å². The van der Waals surface area contributed by atoms with Crippen molar-refractivity contribution in [3.05, 3.63) is 59.8 Å². The van der Waals surface area contributed by atoms with Gasteiger partial charge in [0.05, 0.1) is 36.5 Å². The van der Waals surface area contributed by atoms with E-state index in [0.29, 0.717) is 11.5 Å². The molecule has 1 amide bonds. The summed E-state index contributed by atoms with van der Waals surface area (Å²) in [7, 11) is 1.64. The van der Waals surface area contributed by atoms with E-state index >= 15 is 0 Å². The van der Waals surface area contributed by atoms with Gasteiger partial charge in [0, 0.05) is 5.92 Å². The standard InChI is InChI=1S/C27H29N3O3/c1-32-25-15-13-20(16-19(25)12-14-22-17-28-18-33-22)26-23-10-6-7-11-24(23)27(31)30(29-26)21-8-4-2-3-5-9-21/h6-7,13,15-18,21,23-24H,2-5,8-11H2,1H3/t23-,24+/m0/s1. The highest BCUT2D eigenvalue weighted by Gasteiger charge is 2.42. The lowest BCUT2D eigenvalue weighted by molar-refractivity contribution is -0.140. The average molecular weight is 444 g/mol.